The van der Waals surface area contributed by atoms with Crippen LogP contribution in [-0.2, 0) is 23.0 Å². The molecule has 0 bridgehead atoms. The quantitative estimate of drug-likeness (QED) is 0.863. The number of ether oxygens (including phenoxy) is 1. The first-order valence-corrected chi connectivity index (χ1v) is 8.75. The Morgan fingerprint density at radius 2 is 2.12 bits per heavy atom. The van der Waals surface area contributed by atoms with Gasteiger partial charge in [0.2, 0.25) is 5.91 Å². The molecular formula is C18H27N3O3. The van der Waals surface area contributed by atoms with Crippen molar-refractivity contribution >= 4 is 11.8 Å². The molecule has 0 aromatic carbocycles. The molecule has 0 saturated heterocycles. The van der Waals surface area contributed by atoms with Crippen LogP contribution in [0.15, 0.2) is 6.07 Å². The van der Waals surface area contributed by atoms with Crippen molar-refractivity contribution in [1.29, 1.82) is 0 Å². The Bertz CT molecular complexity index is 641. The van der Waals surface area contributed by atoms with E-state index in [0.29, 0.717) is 12.1 Å². The van der Waals surface area contributed by atoms with Gasteiger partial charge in [-0.05, 0) is 50.2 Å². The summed E-state index contributed by atoms with van der Waals surface area (Å²) in [5.74, 6) is -0.0514. The Balaban J connectivity index is 1.75. The second-order valence-electron chi connectivity index (χ2n) is 7.00. The molecule has 132 valence electrons. The first-order valence-electron chi connectivity index (χ1n) is 8.75. The van der Waals surface area contributed by atoms with Gasteiger partial charge in [-0.25, -0.2) is 0 Å². The highest BCUT2D eigenvalue weighted by Crippen LogP contribution is 2.38. The number of hydrogen-bond acceptors (Lipinski definition) is 3. The maximum absolute atomic E-state index is 12.5. The number of hydrogen-bond donors (Lipinski definition) is 2. The fraction of sp³-hybridized carbons (Fsp3) is 0.667. The molecule has 0 spiro atoms. The summed E-state index contributed by atoms with van der Waals surface area (Å²) in [5, 5.41) is 5.84. The molecule has 1 saturated carbocycles. The lowest BCUT2D eigenvalue weighted by Crippen LogP contribution is -2.44. The van der Waals surface area contributed by atoms with Crippen molar-refractivity contribution in [3.8, 4) is 0 Å². The molecule has 3 rings (SSSR count). The zero-order valence-corrected chi connectivity index (χ0v) is 14.8. The number of amides is 2. The summed E-state index contributed by atoms with van der Waals surface area (Å²) in [5.41, 5.74) is 2.62. The topological polar surface area (TPSA) is 72.4 Å². The predicted octanol–water partition coefficient (Wildman–Crippen LogP) is 1.84. The lowest BCUT2D eigenvalue weighted by Gasteiger charge is -2.40. The van der Waals surface area contributed by atoms with E-state index in [1.807, 2.05) is 17.7 Å². The fourth-order valence-electron chi connectivity index (χ4n) is 3.97. The second-order valence-corrected chi connectivity index (χ2v) is 7.00. The fourth-order valence-corrected chi connectivity index (χ4v) is 3.97. The molecule has 6 nitrogen and oxygen atoms in total. The number of carbonyl (C=O) groups is 2. The van der Waals surface area contributed by atoms with Gasteiger partial charge in [0.15, 0.2) is 0 Å². The molecular weight excluding hydrogens is 306 g/mol. The van der Waals surface area contributed by atoms with E-state index < -0.39 is 0 Å². The molecule has 0 aliphatic heterocycles. The lowest BCUT2D eigenvalue weighted by molar-refractivity contribution is -0.135. The molecule has 1 aromatic rings. The Morgan fingerprint density at radius 3 is 2.71 bits per heavy atom. The van der Waals surface area contributed by atoms with E-state index in [9.17, 15) is 9.59 Å². The van der Waals surface area contributed by atoms with E-state index in [4.69, 9.17) is 4.74 Å². The van der Waals surface area contributed by atoms with Gasteiger partial charge < -0.3 is 19.9 Å². The minimum Gasteiger partial charge on any atom is -0.378 e. The molecule has 0 radical (unpaired) electrons. The van der Waals surface area contributed by atoms with E-state index in [1.165, 1.54) is 0 Å². The zero-order valence-electron chi connectivity index (χ0n) is 14.8. The smallest absolute Gasteiger partial charge is 0.267 e. The summed E-state index contributed by atoms with van der Waals surface area (Å²) in [6, 6.07) is 1.91. The standard InChI is InChI=1S/C18H27N3O3/c1-19-17(23)15-10-12-13(6-4-7-14(12)21(15)2)20-16(22)11-18(24-3)8-5-9-18/h10,13H,4-9,11H2,1-3H3,(H,19,23)(H,20,22). The van der Waals surface area contributed by atoms with Crippen molar-refractivity contribution in [1.82, 2.24) is 15.2 Å². The van der Waals surface area contributed by atoms with Crippen LogP contribution in [0.4, 0.5) is 0 Å². The van der Waals surface area contributed by atoms with Gasteiger partial charge in [-0.3, -0.25) is 9.59 Å². The number of nitrogens with one attached hydrogen (secondary N) is 2. The molecule has 1 fully saturated rings. The number of aromatic nitrogens is 1. The number of rotatable bonds is 5. The first kappa shape index (κ1) is 17.0. The highest BCUT2D eigenvalue weighted by atomic mass is 16.5. The van der Waals surface area contributed by atoms with Gasteiger partial charge in [0, 0.05) is 26.9 Å². The number of fused-ring (bicyclic) bond motifs is 1. The van der Waals surface area contributed by atoms with Crippen LogP contribution in [0.5, 0.6) is 0 Å². The Hall–Kier alpha value is -1.82. The minimum atomic E-state index is -0.258. The van der Waals surface area contributed by atoms with Crippen molar-refractivity contribution in [3.05, 3.63) is 23.0 Å². The van der Waals surface area contributed by atoms with Crippen molar-refractivity contribution in [3.63, 3.8) is 0 Å². The Morgan fingerprint density at radius 1 is 1.38 bits per heavy atom. The third-order valence-corrected chi connectivity index (χ3v) is 5.65. The van der Waals surface area contributed by atoms with Gasteiger partial charge in [-0.1, -0.05) is 0 Å². The van der Waals surface area contributed by atoms with E-state index in [0.717, 1.165) is 49.8 Å². The van der Waals surface area contributed by atoms with Crippen molar-refractivity contribution in [2.45, 2.75) is 56.6 Å². The third kappa shape index (κ3) is 2.95. The van der Waals surface area contributed by atoms with Gasteiger partial charge in [0.05, 0.1) is 18.1 Å². The highest BCUT2D eigenvalue weighted by Gasteiger charge is 2.39. The third-order valence-electron chi connectivity index (χ3n) is 5.65. The monoisotopic (exact) mass is 333 g/mol. The lowest BCUT2D eigenvalue weighted by atomic mass is 9.77. The molecule has 6 heteroatoms. The number of methoxy groups -OCH3 is 1. The van der Waals surface area contributed by atoms with Crippen LogP contribution >= 0.6 is 0 Å². The van der Waals surface area contributed by atoms with Gasteiger partial charge in [-0.2, -0.15) is 0 Å². The summed E-state index contributed by atoms with van der Waals surface area (Å²) in [6.07, 6.45) is 6.33. The number of nitrogens with zero attached hydrogens (tertiary/aromatic N) is 1. The summed E-state index contributed by atoms with van der Waals surface area (Å²) >= 11 is 0. The van der Waals surface area contributed by atoms with Crippen LogP contribution in [-0.4, -0.2) is 36.1 Å². The average molecular weight is 333 g/mol. The van der Waals surface area contributed by atoms with Gasteiger partial charge >= 0.3 is 0 Å². The molecule has 1 heterocycles. The van der Waals surface area contributed by atoms with Crippen molar-refractivity contribution < 1.29 is 14.3 Å². The van der Waals surface area contributed by atoms with Crippen molar-refractivity contribution in [2.75, 3.05) is 14.2 Å². The molecule has 1 atom stereocenters. The van der Waals surface area contributed by atoms with Crippen LogP contribution in [0, 0.1) is 0 Å². The molecule has 2 aliphatic carbocycles. The molecule has 2 aliphatic rings. The summed E-state index contributed by atoms with van der Waals surface area (Å²) < 4.78 is 7.51. The summed E-state index contributed by atoms with van der Waals surface area (Å²) in [7, 11) is 5.25. The van der Waals surface area contributed by atoms with Crippen molar-refractivity contribution in [2.24, 2.45) is 7.05 Å². The first-order chi connectivity index (χ1) is 11.5. The normalized spacial score (nSPS) is 21.5. The van der Waals surface area contributed by atoms with E-state index >= 15 is 0 Å². The van der Waals surface area contributed by atoms with Crippen LogP contribution in [0.2, 0.25) is 0 Å². The SMILES string of the molecule is CNC(=O)c1cc2c(n1C)CCCC2NC(=O)CC1(OC)CCC1. The highest BCUT2D eigenvalue weighted by molar-refractivity contribution is 5.93. The Labute approximate surface area is 142 Å². The van der Waals surface area contributed by atoms with Gasteiger partial charge in [0.1, 0.15) is 5.69 Å². The van der Waals surface area contributed by atoms with Crippen LogP contribution in [0.1, 0.15) is 66.3 Å². The molecule has 1 unspecified atom stereocenters. The Kier molecular flexibility index (Phi) is 4.67. The summed E-state index contributed by atoms with van der Waals surface area (Å²) in [4.78, 5) is 24.5. The van der Waals surface area contributed by atoms with Gasteiger partial charge in [0.25, 0.3) is 5.91 Å². The van der Waals surface area contributed by atoms with Crippen LogP contribution < -0.4 is 10.6 Å². The maximum Gasteiger partial charge on any atom is 0.267 e. The second kappa shape index (κ2) is 6.59. The van der Waals surface area contributed by atoms with Crippen LogP contribution in [0.25, 0.3) is 0 Å². The van der Waals surface area contributed by atoms with E-state index in [-0.39, 0.29) is 23.5 Å². The van der Waals surface area contributed by atoms with E-state index in [1.54, 1.807) is 14.2 Å². The molecule has 2 N–H and O–H groups in total. The van der Waals surface area contributed by atoms with Gasteiger partial charge in [-0.15, -0.1) is 0 Å². The molecule has 2 amide bonds. The summed E-state index contributed by atoms with van der Waals surface area (Å²) in [6.45, 7) is 0. The van der Waals surface area contributed by atoms with Crippen LogP contribution in [0.3, 0.4) is 0 Å². The number of carbonyl (C=O) groups excluding carboxylic acids is 2. The van der Waals surface area contributed by atoms with E-state index in [2.05, 4.69) is 10.6 Å². The maximum atomic E-state index is 12.5. The molecule has 1 aromatic heterocycles. The molecule has 24 heavy (non-hydrogen) atoms. The average Bonchev–Trinajstić information content (AvgIpc) is 2.88. The predicted molar refractivity (Wildman–Crippen MR) is 90.8 cm³/mol. The minimum absolute atomic E-state index is 0.0140. The zero-order chi connectivity index (χ0) is 17.3. The largest absolute Gasteiger partial charge is 0.378 e.